The van der Waals surface area contributed by atoms with E-state index < -0.39 is 5.97 Å². The van der Waals surface area contributed by atoms with Crippen LogP contribution in [0.3, 0.4) is 0 Å². The van der Waals surface area contributed by atoms with Crippen LogP contribution in [0.2, 0.25) is 0 Å². The van der Waals surface area contributed by atoms with Crippen molar-refractivity contribution in [1.82, 2.24) is 10.5 Å². The number of amides is 1. The SMILES string of the molecule is Cc1noc(C)c1C(=O)OCC(=O)NCCCc1ccccc1. The van der Waals surface area contributed by atoms with Crippen molar-refractivity contribution in [2.45, 2.75) is 26.7 Å². The Morgan fingerprint density at radius 2 is 1.96 bits per heavy atom. The van der Waals surface area contributed by atoms with Crippen molar-refractivity contribution >= 4 is 11.9 Å². The molecule has 1 N–H and O–H groups in total. The summed E-state index contributed by atoms with van der Waals surface area (Å²) in [6.07, 6.45) is 1.72. The molecule has 1 amide bonds. The number of aromatic nitrogens is 1. The third-order valence-corrected chi connectivity index (χ3v) is 3.38. The highest BCUT2D eigenvalue weighted by molar-refractivity contribution is 5.93. The molecule has 6 nitrogen and oxygen atoms in total. The molecule has 0 bridgehead atoms. The van der Waals surface area contributed by atoms with Gasteiger partial charge in [-0.05, 0) is 32.3 Å². The van der Waals surface area contributed by atoms with Gasteiger partial charge in [0.15, 0.2) is 6.61 Å². The molecule has 0 spiro atoms. The van der Waals surface area contributed by atoms with E-state index in [0.717, 1.165) is 12.8 Å². The van der Waals surface area contributed by atoms with E-state index in [9.17, 15) is 9.59 Å². The molecular formula is C17H20N2O4. The van der Waals surface area contributed by atoms with Crippen LogP contribution in [0.15, 0.2) is 34.9 Å². The molecule has 23 heavy (non-hydrogen) atoms. The van der Waals surface area contributed by atoms with E-state index in [1.165, 1.54) is 5.56 Å². The van der Waals surface area contributed by atoms with E-state index in [4.69, 9.17) is 9.26 Å². The van der Waals surface area contributed by atoms with Gasteiger partial charge in [-0.2, -0.15) is 0 Å². The lowest BCUT2D eigenvalue weighted by molar-refractivity contribution is -0.124. The lowest BCUT2D eigenvalue weighted by Crippen LogP contribution is -2.30. The number of hydrogen-bond donors (Lipinski definition) is 1. The fourth-order valence-electron chi connectivity index (χ4n) is 2.19. The minimum Gasteiger partial charge on any atom is -0.452 e. The van der Waals surface area contributed by atoms with Gasteiger partial charge in [0.1, 0.15) is 11.3 Å². The topological polar surface area (TPSA) is 81.4 Å². The fourth-order valence-corrected chi connectivity index (χ4v) is 2.19. The summed E-state index contributed by atoms with van der Waals surface area (Å²) in [7, 11) is 0. The lowest BCUT2D eigenvalue weighted by Gasteiger charge is -2.06. The number of carbonyl (C=O) groups is 2. The van der Waals surface area contributed by atoms with Crippen LogP contribution in [0.4, 0.5) is 0 Å². The number of rotatable bonds is 7. The Kier molecular flexibility index (Phi) is 5.91. The van der Waals surface area contributed by atoms with Crippen molar-refractivity contribution in [3.05, 3.63) is 52.9 Å². The summed E-state index contributed by atoms with van der Waals surface area (Å²) < 4.78 is 9.87. The molecule has 0 radical (unpaired) electrons. The highest BCUT2D eigenvalue weighted by Gasteiger charge is 2.19. The number of esters is 1. The molecule has 0 atom stereocenters. The van der Waals surface area contributed by atoms with E-state index >= 15 is 0 Å². The largest absolute Gasteiger partial charge is 0.452 e. The molecule has 6 heteroatoms. The van der Waals surface area contributed by atoms with Crippen LogP contribution in [-0.2, 0) is 16.0 Å². The average molecular weight is 316 g/mol. The standard InChI is InChI=1S/C17H20N2O4/c1-12-16(13(2)23-19-12)17(21)22-11-15(20)18-10-6-9-14-7-4-3-5-8-14/h3-5,7-8H,6,9-11H2,1-2H3,(H,18,20). The fraction of sp³-hybridized carbons (Fsp3) is 0.353. The maximum atomic E-state index is 11.9. The quantitative estimate of drug-likeness (QED) is 0.625. The molecule has 1 aromatic heterocycles. The number of nitrogens with zero attached hydrogens (tertiary/aromatic N) is 1. The summed E-state index contributed by atoms with van der Waals surface area (Å²) >= 11 is 0. The number of carbonyl (C=O) groups excluding carboxylic acids is 2. The number of aryl methyl sites for hydroxylation is 3. The predicted octanol–water partition coefficient (Wildman–Crippen LogP) is 2.20. The van der Waals surface area contributed by atoms with Gasteiger partial charge in [0.2, 0.25) is 0 Å². The van der Waals surface area contributed by atoms with E-state index in [1.807, 2.05) is 30.3 Å². The van der Waals surface area contributed by atoms with Gasteiger partial charge >= 0.3 is 5.97 Å². The summed E-state index contributed by atoms with van der Waals surface area (Å²) in [5.41, 5.74) is 1.96. The Hall–Kier alpha value is -2.63. The van der Waals surface area contributed by atoms with Crippen LogP contribution >= 0.6 is 0 Å². The molecule has 0 unspecified atom stereocenters. The zero-order valence-corrected chi connectivity index (χ0v) is 13.3. The van der Waals surface area contributed by atoms with Gasteiger partial charge in [-0.3, -0.25) is 4.79 Å². The maximum absolute atomic E-state index is 11.9. The van der Waals surface area contributed by atoms with Crippen LogP contribution in [0.5, 0.6) is 0 Å². The molecule has 1 heterocycles. The van der Waals surface area contributed by atoms with Gasteiger partial charge in [0, 0.05) is 6.54 Å². The molecule has 0 aliphatic heterocycles. The van der Waals surface area contributed by atoms with E-state index in [-0.39, 0.29) is 18.1 Å². The second-order valence-corrected chi connectivity index (χ2v) is 5.21. The summed E-state index contributed by atoms with van der Waals surface area (Å²) in [6, 6.07) is 10.0. The Balaban J connectivity index is 1.66. The van der Waals surface area contributed by atoms with Crippen molar-refractivity contribution in [2.24, 2.45) is 0 Å². The Labute approximate surface area is 134 Å². The lowest BCUT2D eigenvalue weighted by atomic mass is 10.1. The van der Waals surface area contributed by atoms with Crippen molar-refractivity contribution in [1.29, 1.82) is 0 Å². The van der Waals surface area contributed by atoms with Crippen molar-refractivity contribution in [2.75, 3.05) is 13.2 Å². The van der Waals surface area contributed by atoms with Gasteiger partial charge in [-0.15, -0.1) is 0 Å². The minimum atomic E-state index is -0.597. The molecule has 122 valence electrons. The molecule has 0 fully saturated rings. The summed E-state index contributed by atoms with van der Waals surface area (Å²) in [6.45, 7) is 3.50. The summed E-state index contributed by atoms with van der Waals surface area (Å²) in [5, 5.41) is 6.40. The van der Waals surface area contributed by atoms with Gasteiger partial charge in [0.05, 0.1) is 5.69 Å². The normalized spacial score (nSPS) is 10.3. The monoisotopic (exact) mass is 316 g/mol. The molecule has 0 aliphatic rings. The van der Waals surface area contributed by atoms with Crippen molar-refractivity contribution < 1.29 is 18.8 Å². The first-order chi connectivity index (χ1) is 11.1. The number of hydrogen-bond acceptors (Lipinski definition) is 5. The number of benzene rings is 1. The Morgan fingerprint density at radius 1 is 1.22 bits per heavy atom. The summed E-state index contributed by atoms with van der Waals surface area (Å²) in [5.74, 6) is -0.533. The third-order valence-electron chi connectivity index (χ3n) is 3.38. The zero-order chi connectivity index (χ0) is 16.7. The predicted molar refractivity (Wildman–Crippen MR) is 84.0 cm³/mol. The van der Waals surface area contributed by atoms with Crippen LogP contribution in [-0.4, -0.2) is 30.2 Å². The van der Waals surface area contributed by atoms with Crippen molar-refractivity contribution in [3.8, 4) is 0 Å². The number of nitrogens with one attached hydrogen (secondary N) is 1. The first-order valence-corrected chi connectivity index (χ1v) is 7.48. The highest BCUT2D eigenvalue weighted by atomic mass is 16.5. The van der Waals surface area contributed by atoms with E-state index in [1.54, 1.807) is 13.8 Å². The van der Waals surface area contributed by atoms with Crippen LogP contribution < -0.4 is 5.32 Å². The average Bonchev–Trinajstić information content (AvgIpc) is 2.89. The van der Waals surface area contributed by atoms with Crippen molar-refractivity contribution in [3.63, 3.8) is 0 Å². The first kappa shape index (κ1) is 16.7. The Morgan fingerprint density at radius 3 is 2.61 bits per heavy atom. The highest BCUT2D eigenvalue weighted by Crippen LogP contribution is 2.13. The van der Waals surface area contributed by atoms with E-state index in [2.05, 4.69) is 10.5 Å². The molecule has 0 saturated carbocycles. The van der Waals surface area contributed by atoms with Gasteiger partial charge in [-0.25, -0.2) is 4.79 Å². The van der Waals surface area contributed by atoms with Gasteiger partial charge in [-0.1, -0.05) is 35.5 Å². The molecule has 0 aliphatic carbocycles. The van der Waals surface area contributed by atoms with Gasteiger partial charge in [0.25, 0.3) is 5.91 Å². The molecule has 1 aromatic carbocycles. The smallest absolute Gasteiger partial charge is 0.344 e. The second-order valence-electron chi connectivity index (χ2n) is 5.21. The summed E-state index contributed by atoms with van der Waals surface area (Å²) in [4.78, 5) is 23.5. The maximum Gasteiger partial charge on any atom is 0.344 e. The third kappa shape index (κ3) is 4.95. The molecule has 2 aromatic rings. The number of ether oxygens (including phenoxy) is 1. The minimum absolute atomic E-state index is 0.280. The van der Waals surface area contributed by atoms with Crippen LogP contribution in [0, 0.1) is 13.8 Å². The Bertz CT molecular complexity index is 645. The molecular weight excluding hydrogens is 296 g/mol. The molecule has 0 saturated heterocycles. The second kappa shape index (κ2) is 8.12. The van der Waals surface area contributed by atoms with Crippen LogP contribution in [0.25, 0.3) is 0 Å². The zero-order valence-electron chi connectivity index (χ0n) is 13.3. The van der Waals surface area contributed by atoms with Crippen LogP contribution in [0.1, 0.15) is 33.8 Å². The first-order valence-electron chi connectivity index (χ1n) is 7.48. The van der Waals surface area contributed by atoms with Gasteiger partial charge < -0.3 is 14.6 Å². The van der Waals surface area contributed by atoms with E-state index in [0.29, 0.717) is 18.0 Å². The molecule has 2 rings (SSSR count).